The van der Waals surface area contributed by atoms with Crippen molar-refractivity contribution in [3.05, 3.63) is 24.2 Å². The Hall–Kier alpha value is -2.11. The fraction of sp³-hybridized carbons (Fsp3) is 0.588. The number of carbonyl (C=O) groups is 1. The fourth-order valence-corrected chi connectivity index (χ4v) is 2.55. The maximum Gasteiger partial charge on any atom is 0.289 e. The average Bonchev–Trinajstić information content (AvgIpc) is 3.22. The smallest absolute Gasteiger partial charge is 0.289 e. The minimum absolute atomic E-state index is 0. The molecule has 158 valence electrons. The van der Waals surface area contributed by atoms with Crippen LogP contribution in [-0.4, -0.2) is 94.3 Å². The zero-order valence-corrected chi connectivity index (χ0v) is 18.0. The number of rotatable bonds is 7. The molecular formula is C17H29BrN6O4. The van der Waals surface area contributed by atoms with Crippen molar-refractivity contribution in [1.29, 1.82) is 0 Å². The molecule has 1 aromatic rings. The molecule has 1 amide bonds. The van der Waals surface area contributed by atoms with Crippen molar-refractivity contribution >= 4 is 34.8 Å². The van der Waals surface area contributed by atoms with Crippen molar-refractivity contribution in [2.24, 2.45) is 15.7 Å². The van der Waals surface area contributed by atoms with Crippen molar-refractivity contribution in [3.8, 4) is 0 Å². The number of hydrogen-bond donors (Lipinski definition) is 2. The van der Waals surface area contributed by atoms with Gasteiger partial charge in [0.25, 0.3) is 5.91 Å². The molecule has 11 heteroatoms. The molecule has 0 spiro atoms. The number of methoxy groups -OCH3 is 2. The lowest BCUT2D eigenvalue weighted by molar-refractivity contribution is 0.0658. The number of ether oxygens (including phenoxy) is 2. The van der Waals surface area contributed by atoms with E-state index in [1.807, 2.05) is 4.90 Å². The van der Waals surface area contributed by atoms with Crippen LogP contribution in [0.25, 0.3) is 0 Å². The maximum absolute atomic E-state index is 12.4. The molecule has 0 aliphatic carbocycles. The molecule has 0 radical (unpaired) electrons. The number of hydrogen-bond acceptors (Lipinski definition) is 6. The van der Waals surface area contributed by atoms with Gasteiger partial charge in [-0.3, -0.25) is 20.1 Å². The first-order valence-electron chi connectivity index (χ1n) is 8.82. The number of furan rings is 1. The summed E-state index contributed by atoms with van der Waals surface area (Å²) in [4.78, 5) is 24.9. The first-order valence-corrected chi connectivity index (χ1v) is 8.82. The summed E-state index contributed by atoms with van der Waals surface area (Å²) in [5, 5.41) is 3.05. The number of guanidine groups is 2. The SMILES string of the molecule is Br.COCCN=C(N)NC(=NCCOC)N1CCN(C(=O)c2ccco2)CC1. The van der Waals surface area contributed by atoms with Crippen molar-refractivity contribution in [2.75, 3.05) is 66.7 Å². The summed E-state index contributed by atoms with van der Waals surface area (Å²) in [5.74, 6) is 1.14. The lowest BCUT2D eigenvalue weighted by Gasteiger charge is -2.36. The zero-order valence-electron chi connectivity index (χ0n) is 16.3. The highest BCUT2D eigenvalue weighted by atomic mass is 79.9. The van der Waals surface area contributed by atoms with Crippen LogP contribution in [-0.2, 0) is 9.47 Å². The van der Waals surface area contributed by atoms with Crippen molar-refractivity contribution in [2.45, 2.75) is 0 Å². The number of halogens is 1. The quantitative estimate of drug-likeness (QED) is 0.338. The largest absolute Gasteiger partial charge is 0.459 e. The Morgan fingerprint density at radius 2 is 1.75 bits per heavy atom. The third-order valence-electron chi connectivity index (χ3n) is 3.97. The second kappa shape index (κ2) is 13.1. The van der Waals surface area contributed by atoms with E-state index >= 15 is 0 Å². The van der Waals surface area contributed by atoms with Crippen LogP contribution in [0.1, 0.15) is 10.6 Å². The van der Waals surface area contributed by atoms with Crippen LogP contribution in [0, 0.1) is 0 Å². The number of piperazine rings is 1. The Morgan fingerprint density at radius 3 is 2.32 bits per heavy atom. The van der Waals surface area contributed by atoms with Crippen LogP contribution < -0.4 is 11.1 Å². The van der Waals surface area contributed by atoms with E-state index in [1.165, 1.54) is 6.26 Å². The minimum Gasteiger partial charge on any atom is -0.459 e. The van der Waals surface area contributed by atoms with E-state index in [0.29, 0.717) is 64.2 Å². The molecule has 1 aliphatic rings. The minimum atomic E-state index is -0.105. The van der Waals surface area contributed by atoms with Gasteiger partial charge in [-0.05, 0) is 12.1 Å². The van der Waals surface area contributed by atoms with Gasteiger partial charge in [0.05, 0.1) is 32.6 Å². The third-order valence-corrected chi connectivity index (χ3v) is 3.97. The van der Waals surface area contributed by atoms with Crippen molar-refractivity contribution < 1.29 is 18.7 Å². The van der Waals surface area contributed by atoms with Gasteiger partial charge in [0, 0.05) is 40.4 Å². The molecule has 0 bridgehead atoms. The van der Waals surface area contributed by atoms with Gasteiger partial charge in [-0.1, -0.05) is 0 Å². The van der Waals surface area contributed by atoms with Gasteiger partial charge >= 0.3 is 0 Å². The standard InChI is InChI=1S/C17H28N6O4.BrH/c1-25-12-5-19-16(18)21-17(20-6-13-26-2)23-9-7-22(8-10-23)15(24)14-4-3-11-27-14;/h3-4,11H,5-10,12-13H2,1-2H3,(H3,18,19,20,21);1H. The van der Waals surface area contributed by atoms with Gasteiger partial charge in [0.15, 0.2) is 11.7 Å². The molecule has 28 heavy (non-hydrogen) atoms. The Balaban J connectivity index is 0.00000392. The molecule has 3 N–H and O–H groups in total. The molecule has 1 aromatic heterocycles. The number of aliphatic imine (C=N–C) groups is 2. The molecule has 2 heterocycles. The van der Waals surface area contributed by atoms with E-state index in [-0.39, 0.29) is 28.8 Å². The highest BCUT2D eigenvalue weighted by Gasteiger charge is 2.25. The highest BCUT2D eigenvalue weighted by Crippen LogP contribution is 2.09. The van der Waals surface area contributed by atoms with Crippen molar-refractivity contribution in [1.82, 2.24) is 15.1 Å². The molecule has 0 aromatic carbocycles. The highest BCUT2D eigenvalue weighted by molar-refractivity contribution is 8.93. The Kier molecular flexibility index (Phi) is 11.2. The van der Waals surface area contributed by atoms with Gasteiger partial charge in [-0.15, -0.1) is 17.0 Å². The van der Waals surface area contributed by atoms with Gasteiger partial charge < -0.3 is 29.4 Å². The second-order valence-corrected chi connectivity index (χ2v) is 5.84. The first kappa shape index (κ1) is 23.9. The molecule has 2 rings (SSSR count). The number of nitrogens with two attached hydrogens (primary N) is 1. The lowest BCUT2D eigenvalue weighted by atomic mass is 10.3. The monoisotopic (exact) mass is 460 g/mol. The molecule has 1 aliphatic heterocycles. The topological polar surface area (TPSA) is 118 Å². The Bertz CT molecular complexity index is 630. The normalized spacial score (nSPS) is 15.4. The summed E-state index contributed by atoms with van der Waals surface area (Å²) in [6.07, 6.45) is 1.50. The van der Waals surface area contributed by atoms with Gasteiger partial charge in [0.1, 0.15) is 0 Å². The van der Waals surface area contributed by atoms with E-state index in [0.717, 1.165) is 0 Å². The van der Waals surface area contributed by atoms with E-state index in [9.17, 15) is 4.79 Å². The van der Waals surface area contributed by atoms with Crippen LogP contribution >= 0.6 is 17.0 Å². The van der Waals surface area contributed by atoms with E-state index in [4.69, 9.17) is 19.6 Å². The molecule has 0 saturated carbocycles. The first-order chi connectivity index (χ1) is 13.2. The van der Waals surface area contributed by atoms with Crippen LogP contribution in [0.2, 0.25) is 0 Å². The van der Waals surface area contributed by atoms with Crippen molar-refractivity contribution in [3.63, 3.8) is 0 Å². The molecule has 0 unspecified atom stereocenters. The molecule has 1 saturated heterocycles. The van der Waals surface area contributed by atoms with E-state index in [1.54, 1.807) is 31.3 Å². The van der Waals surface area contributed by atoms with Crippen LogP contribution in [0.3, 0.4) is 0 Å². The Labute approximate surface area is 175 Å². The summed E-state index contributed by atoms with van der Waals surface area (Å²) in [6.45, 7) is 4.32. The predicted molar refractivity (Wildman–Crippen MR) is 112 cm³/mol. The summed E-state index contributed by atoms with van der Waals surface area (Å²) in [7, 11) is 3.24. The van der Waals surface area contributed by atoms with E-state index in [2.05, 4.69) is 15.3 Å². The van der Waals surface area contributed by atoms with Gasteiger partial charge in [-0.25, -0.2) is 0 Å². The molecule has 0 atom stereocenters. The van der Waals surface area contributed by atoms with Crippen LogP contribution in [0.4, 0.5) is 0 Å². The predicted octanol–water partition coefficient (Wildman–Crippen LogP) is 0.168. The third kappa shape index (κ3) is 7.49. The summed E-state index contributed by atoms with van der Waals surface area (Å²) >= 11 is 0. The van der Waals surface area contributed by atoms with Crippen LogP contribution in [0.15, 0.2) is 32.8 Å². The number of carbonyl (C=O) groups excluding carboxylic acids is 1. The zero-order chi connectivity index (χ0) is 19.5. The lowest BCUT2D eigenvalue weighted by Crippen LogP contribution is -2.55. The number of nitrogens with zero attached hydrogens (tertiary/aromatic N) is 4. The van der Waals surface area contributed by atoms with Gasteiger partial charge in [-0.2, -0.15) is 0 Å². The summed E-state index contributed by atoms with van der Waals surface area (Å²) in [6, 6.07) is 3.38. The maximum atomic E-state index is 12.4. The fourth-order valence-electron chi connectivity index (χ4n) is 2.55. The number of amides is 1. The molecule has 1 fully saturated rings. The average molecular weight is 461 g/mol. The van der Waals surface area contributed by atoms with E-state index < -0.39 is 0 Å². The Morgan fingerprint density at radius 1 is 1.14 bits per heavy atom. The second-order valence-electron chi connectivity index (χ2n) is 5.84. The van der Waals surface area contributed by atoms with Gasteiger partial charge in [0.2, 0.25) is 5.96 Å². The number of nitrogens with one attached hydrogen (secondary N) is 1. The molecular weight excluding hydrogens is 432 g/mol. The summed E-state index contributed by atoms with van der Waals surface area (Å²) < 4.78 is 15.2. The molecule has 10 nitrogen and oxygen atoms in total. The summed E-state index contributed by atoms with van der Waals surface area (Å²) in [5.41, 5.74) is 5.93. The van der Waals surface area contributed by atoms with Crippen LogP contribution in [0.5, 0.6) is 0 Å².